The van der Waals surface area contributed by atoms with Crippen LogP contribution >= 0.6 is 11.8 Å². The normalized spacial score (nSPS) is 15.8. The first kappa shape index (κ1) is 25.8. The van der Waals surface area contributed by atoms with Crippen molar-refractivity contribution >= 4 is 50.1 Å². The average molecular weight is 533 g/mol. The molecule has 1 aliphatic heterocycles. The number of aryl methyl sites for hydroxylation is 1. The first-order valence-corrected chi connectivity index (χ1v) is 17.9. The van der Waals surface area contributed by atoms with Crippen LogP contribution in [0.2, 0.25) is 0 Å². The Labute approximate surface area is 230 Å². The summed E-state index contributed by atoms with van der Waals surface area (Å²) in [6.45, 7) is 10.8. The molecule has 5 rings (SSSR count). The Bertz CT molecular complexity index is 1380. The molecule has 0 N–H and O–H groups in total. The van der Waals surface area contributed by atoms with Gasteiger partial charge in [0.1, 0.15) is 17.6 Å². The summed E-state index contributed by atoms with van der Waals surface area (Å²) in [6, 6.07) is 36.4. The number of hydrogen-bond acceptors (Lipinski definition) is 1. The van der Waals surface area contributed by atoms with Gasteiger partial charge in [0.25, 0.3) is 0 Å². The quantitative estimate of drug-likeness (QED) is 0.244. The first-order valence-electron chi connectivity index (χ1n) is 13.5. The maximum Gasteiger partial charge on any atom is 0.127 e. The van der Waals surface area contributed by atoms with E-state index in [1.807, 2.05) is 11.8 Å². The minimum Gasteiger partial charge on any atom is -0.107 e. The summed E-state index contributed by atoms with van der Waals surface area (Å²) in [7, 11) is -2.71. The van der Waals surface area contributed by atoms with Crippen molar-refractivity contribution in [3.63, 3.8) is 0 Å². The van der Waals surface area contributed by atoms with E-state index in [1.165, 1.54) is 49.3 Å². The van der Waals surface area contributed by atoms with Crippen LogP contribution in [-0.4, -0.2) is 17.6 Å². The van der Waals surface area contributed by atoms with Gasteiger partial charge in [-0.3, -0.25) is 0 Å². The highest BCUT2D eigenvalue weighted by molar-refractivity contribution is 8.00. The van der Waals surface area contributed by atoms with E-state index in [-0.39, 0.29) is 0 Å². The number of benzene rings is 4. The molecule has 186 valence electrons. The summed E-state index contributed by atoms with van der Waals surface area (Å²) in [5.41, 5.74) is 7.40. The van der Waals surface area contributed by atoms with Gasteiger partial charge in [-0.05, 0) is 58.8 Å². The van der Waals surface area contributed by atoms with Crippen molar-refractivity contribution in [2.45, 2.75) is 42.4 Å². The largest absolute Gasteiger partial charge is 0.127 e. The average Bonchev–Trinajstić information content (AvgIpc) is 2.95. The van der Waals surface area contributed by atoms with Gasteiger partial charge in [-0.1, -0.05) is 132 Å². The van der Waals surface area contributed by atoms with Crippen LogP contribution in [0.3, 0.4) is 0 Å². The van der Waals surface area contributed by atoms with E-state index in [0.717, 1.165) is 12.8 Å². The van der Waals surface area contributed by atoms with Crippen LogP contribution in [0, 0.1) is 5.92 Å². The number of hydrogen-bond donors (Lipinski definition) is 0. The van der Waals surface area contributed by atoms with Crippen LogP contribution in [0.5, 0.6) is 0 Å². The molecule has 37 heavy (non-hydrogen) atoms. The molecule has 1 heterocycles. The van der Waals surface area contributed by atoms with Crippen LogP contribution in [0.25, 0.3) is 0 Å². The molecule has 4 aromatic carbocycles. The van der Waals surface area contributed by atoms with Gasteiger partial charge in [-0.2, -0.15) is 0 Å². The second-order valence-electron chi connectivity index (χ2n) is 10.1. The Kier molecular flexibility index (Phi) is 8.45. The van der Waals surface area contributed by atoms with E-state index < -0.39 is 17.6 Å². The molecule has 4 aromatic rings. The van der Waals surface area contributed by atoms with Gasteiger partial charge in [-0.15, -0.1) is 13.2 Å². The zero-order valence-corrected chi connectivity index (χ0v) is 24.9. The monoisotopic (exact) mass is 532 g/mol. The SMILES string of the molecule is C=C[SiH]1c2ccccc2Sc2ccc(CCC(CC)Cc3cccc([Si@H](C=C)c4ccccc4)c3)cc21. The highest BCUT2D eigenvalue weighted by Gasteiger charge is 2.25. The fraction of sp³-hybridized carbons (Fsp3) is 0.176. The van der Waals surface area contributed by atoms with Crippen LogP contribution in [0.4, 0.5) is 0 Å². The molecular formula is C34H36SSi2. The van der Waals surface area contributed by atoms with Crippen LogP contribution in [0.1, 0.15) is 30.9 Å². The molecule has 1 aliphatic rings. The van der Waals surface area contributed by atoms with Crippen molar-refractivity contribution in [3.8, 4) is 0 Å². The second-order valence-corrected chi connectivity index (χ2v) is 16.6. The topological polar surface area (TPSA) is 0 Å². The Balaban J connectivity index is 1.28. The molecule has 2 unspecified atom stereocenters. The summed E-state index contributed by atoms with van der Waals surface area (Å²) in [4.78, 5) is 2.85. The summed E-state index contributed by atoms with van der Waals surface area (Å²) in [6.07, 6.45) is 4.73. The van der Waals surface area contributed by atoms with Gasteiger partial charge in [-0.25, -0.2) is 0 Å². The lowest BCUT2D eigenvalue weighted by atomic mass is 9.91. The van der Waals surface area contributed by atoms with Crippen molar-refractivity contribution in [2.24, 2.45) is 5.92 Å². The molecule has 0 fully saturated rings. The second kappa shape index (κ2) is 12.1. The predicted molar refractivity (Wildman–Crippen MR) is 169 cm³/mol. The van der Waals surface area contributed by atoms with E-state index in [4.69, 9.17) is 0 Å². The molecule has 0 amide bonds. The highest BCUT2D eigenvalue weighted by atomic mass is 32.2. The zero-order valence-electron chi connectivity index (χ0n) is 21.8. The summed E-state index contributed by atoms with van der Waals surface area (Å²) in [5, 5.41) is 5.99. The van der Waals surface area contributed by atoms with E-state index in [9.17, 15) is 0 Å². The maximum absolute atomic E-state index is 4.24. The van der Waals surface area contributed by atoms with Gasteiger partial charge in [0, 0.05) is 9.79 Å². The third-order valence-corrected chi connectivity index (χ3v) is 14.8. The molecule has 3 atom stereocenters. The molecule has 0 saturated carbocycles. The minimum absolute atomic E-state index is 0.689. The van der Waals surface area contributed by atoms with Crippen LogP contribution < -0.4 is 20.7 Å². The van der Waals surface area contributed by atoms with Crippen LogP contribution in [-0.2, 0) is 12.8 Å². The van der Waals surface area contributed by atoms with Crippen molar-refractivity contribution in [1.29, 1.82) is 0 Å². The van der Waals surface area contributed by atoms with E-state index in [0.29, 0.717) is 5.92 Å². The lowest BCUT2D eigenvalue weighted by Crippen LogP contribution is -2.45. The van der Waals surface area contributed by atoms with Gasteiger partial charge >= 0.3 is 0 Å². The fourth-order valence-electron chi connectivity index (χ4n) is 5.65. The van der Waals surface area contributed by atoms with E-state index in [2.05, 4.69) is 129 Å². The fourth-order valence-corrected chi connectivity index (χ4v) is 12.3. The molecule has 0 spiro atoms. The van der Waals surface area contributed by atoms with E-state index in [1.54, 1.807) is 5.19 Å². The molecule has 0 bridgehead atoms. The third kappa shape index (κ3) is 5.85. The highest BCUT2D eigenvalue weighted by Crippen LogP contribution is 2.30. The lowest BCUT2D eigenvalue weighted by Gasteiger charge is -2.25. The zero-order chi connectivity index (χ0) is 25.6. The Hall–Kier alpha value is -2.86. The number of fused-ring (bicyclic) bond motifs is 2. The van der Waals surface area contributed by atoms with Gasteiger partial charge in [0.2, 0.25) is 0 Å². The standard InChI is InChI=1S/C34H36SSi2/c1-4-26(23-28-13-12-16-30(24-28)36(5-2)29-14-8-7-9-15-29)19-20-27-21-22-32-34(25-27)37(6-3)33-18-11-10-17-31(33)35-32/h5-18,21-22,24-26,36-37H,2-4,19-20,23H2,1H3/t26?,36-,37?/m1/s1. The number of rotatable bonds is 10. The molecule has 0 saturated heterocycles. The van der Waals surface area contributed by atoms with Crippen molar-refractivity contribution < 1.29 is 0 Å². The predicted octanol–water partition coefficient (Wildman–Crippen LogP) is 5.49. The molecule has 0 nitrogen and oxygen atoms in total. The summed E-state index contributed by atoms with van der Waals surface area (Å²) >= 11 is 1.93. The summed E-state index contributed by atoms with van der Waals surface area (Å²) < 4.78 is 0. The Morgan fingerprint density at radius 2 is 1.54 bits per heavy atom. The maximum atomic E-state index is 4.24. The van der Waals surface area contributed by atoms with Crippen LogP contribution in [0.15, 0.2) is 131 Å². The molecule has 0 aromatic heterocycles. The van der Waals surface area contributed by atoms with Gasteiger partial charge in [0.15, 0.2) is 0 Å². The smallest absolute Gasteiger partial charge is 0.107 e. The summed E-state index contributed by atoms with van der Waals surface area (Å²) in [5.74, 6) is 0.689. The first-order chi connectivity index (χ1) is 18.2. The molecule has 3 heteroatoms. The Morgan fingerprint density at radius 1 is 0.784 bits per heavy atom. The Morgan fingerprint density at radius 3 is 2.32 bits per heavy atom. The minimum atomic E-state index is -1.36. The van der Waals surface area contributed by atoms with Crippen molar-refractivity contribution in [2.75, 3.05) is 0 Å². The third-order valence-electron chi connectivity index (χ3n) is 7.77. The van der Waals surface area contributed by atoms with Gasteiger partial charge < -0.3 is 0 Å². The molecule has 0 aliphatic carbocycles. The van der Waals surface area contributed by atoms with Crippen molar-refractivity contribution in [3.05, 3.63) is 133 Å². The lowest BCUT2D eigenvalue weighted by molar-refractivity contribution is 0.468. The molecule has 0 radical (unpaired) electrons. The van der Waals surface area contributed by atoms with Gasteiger partial charge in [0.05, 0.1) is 0 Å². The van der Waals surface area contributed by atoms with Crippen molar-refractivity contribution in [1.82, 2.24) is 0 Å². The molecular weight excluding hydrogens is 497 g/mol. The van der Waals surface area contributed by atoms with E-state index >= 15 is 0 Å².